The molecule has 1 aromatic rings. The van der Waals surface area contributed by atoms with Gasteiger partial charge in [0.2, 0.25) is 10.0 Å². The van der Waals surface area contributed by atoms with Crippen molar-refractivity contribution in [3.8, 4) is 6.07 Å². The zero-order chi connectivity index (χ0) is 14.9. The van der Waals surface area contributed by atoms with E-state index in [0.29, 0.717) is 6.04 Å². The standard InChI is InChI=1S/C14H18N4O2S/c15-10-13-14(4-1-6-16-13)21(19,20)17-11-5-8-18-7-2-3-12(18)9-11/h1,4,6,11-12,17H,2-3,5,7-9H2. The highest BCUT2D eigenvalue weighted by atomic mass is 32.2. The Balaban J connectivity index is 1.76. The zero-order valence-corrected chi connectivity index (χ0v) is 12.5. The molecule has 6 nitrogen and oxygen atoms in total. The van der Waals surface area contributed by atoms with Crippen molar-refractivity contribution in [1.82, 2.24) is 14.6 Å². The first kappa shape index (κ1) is 14.4. The van der Waals surface area contributed by atoms with E-state index in [1.807, 2.05) is 6.07 Å². The van der Waals surface area contributed by atoms with Crippen molar-refractivity contribution in [2.24, 2.45) is 0 Å². The first-order valence-electron chi connectivity index (χ1n) is 7.21. The van der Waals surface area contributed by atoms with E-state index in [2.05, 4.69) is 14.6 Å². The average Bonchev–Trinajstić information content (AvgIpc) is 2.94. The largest absolute Gasteiger partial charge is 0.300 e. The van der Waals surface area contributed by atoms with Crippen LogP contribution in [0.5, 0.6) is 0 Å². The molecule has 3 rings (SSSR count). The fourth-order valence-electron chi connectivity index (χ4n) is 3.31. The van der Waals surface area contributed by atoms with Gasteiger partial charge in [-0.05, 0) is 50.9 Å². The van der Waals surface area contributed by atoms with Crippen molar-refractivity contribution in [2.75, 3.05) is 13.1 Å². The number of aromatic nitrogens is 1. The minimum absolute atomic E-state index is 0.0265. The number of pyridine rings is 1. The van der Waals surface area contributed by atoms with Gasteiger partial charge >= 0.3 is 0 Å². The molecule has 2 aliphatic rings. The monoisotopic (exact) mass is 306 g/mol. The number of nitriles is 1. The quantitative estimate of drug-likeness (QED) is 0.895. The molecule has 0 spiro atoms. The minimum Gasteiger partial charge on any atom is -0.300 e. The van der Waals surface area contributed by atoms with Crippen LogP contribution in [0.1, 0.15) is 31.4 Å². The van der Waals surface area contributed by atoms with E-state index < -0.39 is 10.0 Å². The summed E-state index contributed by atoms with van der Waals surface area (Å²) in [5, 5.41) is 9.00. The summed E-state index contributed by atoms with van der Waals surface area (Å²) in [6.07, 6.45) is 5.44. The number of nitrogens with zero attached hydrogens (tertiary/aromatic N) is 3. The molecule has 3 heterocycles. The molecule has 21 heavy (non-hydrogen) atoms. The second-order valence-corrected chi connectivity index (χ2v) is 7.32. The molecule has 2 atom stereocenters. The topological polar surface area (TPSA) is 86.1 Å². The third-order valence-electron chi connectivity index (χ3n) is 4.31. The molecule has 2 fully saturated rings. The van der Waals surface area contributed by atoms with Crippen LogP contribution in [0.25, 0.3) is 0 Å². The molecule has 2 aliphatic heterocycles. The molecule has 0 saturated carbocycles. The van der Waals surface area contributed by atoms with Gasteiger partial charge in [0.25, 0.3) is 0 Å². The lowest BCUT2D eigenvalue weighted by atomic mass is 9.99. The van der Waals surface area contributed by atoms with Gasteiger partial charge in [0.05, 0.1) is 0 Å². The Morgan fingerprint density at radius 3 is 3.05 bits per heavy atom. The van der Waals surface area contributed by atoms with E-state index in [1.165, 1.54) is 24.8 Å². The van der Waals surface area contributed by atoms with Crippen molar-refractivity contribution in [3.63, 3.8) is 0 Å². The summed E-state index contributed by atoms with van der Waals surface area (Å²) in [6.45, 7) is 2.07. The molecular weight excluding hydrogens is 288 g/mol. The minimum atomic E-state index is -3.68. The summed E-state index contributed by atoms with van der Waals surface area (Å²) in [6, 6.07) is 5.24. The third kappa shape index (κ3) is 2.93. The normalized spacial score (nSPS) is 26.2. The van der Waals surface area contributed by atoms with E-state index >= 15 is 0 Å². The maximum Gasteiger partial charge on any atom is 0.243 e. The Morgan fingerprint density at radius 1 is 1.38 bits per heavy atom. The number of sulfonamides is 1. The van der Waals surface area contributed by atoms with Crippen LogP contribution < -0.4 is 4.72 Å². The van der Waals surface area contributed by atoms with E-state index in [-0.39, 0.29) is 16.6 Å². The van der Waals surface area contributed by atoms with E-state index in [4.69, 9.17) is 5.26 Å². The van der Waals surface area contributed by atoms with Crippen molar-refractivity contribution in [3.05, 3.63) is 24.0 Å². The summed E-state index contributed by atoms with van der Waals surface area (Å²) in [5.41, 5.74) is -0.0525. The molecule has 1 aromatic heterocycles. The predicted molar refractivity (Wildman–Crippen MR) is 76.9 cm³/mol. The Labute approximate surface area is 124 Å². The smallest absolute Gasteiger partial charge is 0.243 e. The molecule has 0 aliphatic carbocycles. The van der Waals surface area contributed by atoms with Crippen molar-refractivity contribution >= 4 is 10.0 Å². The van der Waals surface area contributed by atoms with Crippen molar-refractivity contribution < 1.29 is 8.42 Å². The lowest BCUT2D eigenvalue weighted by Crippen LogP contribution is -2.47. The van der Waals surface area contributed by atoms with Gasteiger partial charge in [-0.2, -0.15) is 5.26 Å². The third-order valence-corrected chi connectivity index (χ3v) is 5.86. The van der Waals surface area contributed by atoms with Gasteiger partial charge in [-0.25, -0.2) is 18.1 Å². The van der Waals surface area contributed by atoms with Gasteiger partial charge in [0.15, 0.2) is 5.69 Å². The molecule has 0 bridgehead atoms. The van der Waals surface area contributed by atoms with Crippen molar-refractivity contribution in [2.45, 2.75) is 42.7 Å². The number of piperidine rings is 1. The lowest BCUT2D eigenvalue weighted by Gasteiger charge is -2.34. The first-order chi connectivity index (χ1) is 10.1. The molecule has 2 unspecified atom stereocenters. The maximum atomic E-state index is 12.5. The number of rotatable bonds is 3. The molecule has 0 radical (unpaired) electrons. The molecule has 7 heteroatoms. The van der Waals surface area contributed by atoms with Gasteiger partial charge in [-0.15, -0.1) is 0 Å². The number of hydrogen-bond acceptors (Lipinski definition) is 5. The van der Waals surface area contributed by atoms with E-state index in [1.54, 1.807) is 0 Å². The summed E-state index contributed by atoms with van der Waals surface area (Å²) in [7, 11) is -3.68. The van der Waals surface area contributed by atoms with Crippen LogP contribution in [0.4, 0.5) is 0 Å². The van der Waals surface area contributed by atoms with Gasteiger partial charge in [0, 0.05) is 18.3 Å². The van der Waals surface area contributed by atoms with Gasteiger partial charge < -0.3 is 4.90 Å². The summed E-state index contributed by atoms with van der Waals surface area (Å²) in [4.78, 5) is 6.23. The van der Waals surface area contributed by atoms with Gasteiger partial charge in [0.1, 0.15) is 11.0 Å². The number of hydrogen-bond donors (Lipinski definition) is 1. The highest BCUT2D eigenvalue weighted by Crippen LogP contribution is 2.27. The van der Waals surface area contributed by atoms with Crippen LogP contribution >= 0.6 is 0 Å². The fourth-order valence-corrected chi connectivity index (χ4v) is 4.70. The molecule has 0 amide bonds. The molecule has 0 aromatic carbocycles. The lowest BCUT2D eigenvalue weighted by molar-refractivity contribution is 0.176. The second-order valence-electron chi connectivity index (χ2n) is 5.64. The van der Waals surface area contributed by atoms with Crippen LogP contribution in [-0.2, 0) is 10.0 Å². The number of fused-ring (bicyclic) bond motifs is 1. The Hall–Kier alpha value is -1.49. The van der Waals surface area contributed by atoms with Gasteiger partial charge in [-0.1, -0.05) is 0 Å². The zero-order valence-electron chi connectivity index (χ0n) is 11.7. The Morgan fingerprint density at radius 2 is 2.24 bits per heavy atom. The molecule has 112 valence electrons. The van der Waals surface area contributed by atoms with Gasteiger partial charge in [-0.3, -0.25) is 0 Å². The van der Waals surface area contributed by atoms with Crippen LogP contribution in [0.3, 0.4) is 0 Å². The first-order valence-corrected chi connectivity index (χ1v) is 8.70. The molecular formula is C14H18N4O2S. The molecule has 1 N–H and O–H groups in total. The summed E-state index contributed by atoms with van der Waals surface area (Å²) in [5.74, 6) is 0. The van der Waals surface area contributed by atoms with Crippen molar-refractivity contribution in [1.29, 1.82) is 5.26 Å². The van der Waals surface area contributed by atoms with Crippen LogP contribution in [-0.4, -0.2) is 43.5 Å². The Bertz CT molecular complexity index is 668. The number of nitrogens with one attached hydrogen (secondary N) is 1. The van der Waals surface area contributed by atoms with Crippen LogP contribution in [0.2, 0.25) is 0 Å². The Kier molecular flexibility index (Phi) is 3.93. The maximum absolute atomic E-state index is 12.5. The van der Waals surface area contributed by atoms with Crippen LogP contribution in [0, 0.1) is 11.3 Å². The SMILES string of the molecule is N#Cc1ncccc1S(=O)(=O)NC1CCN2CCCC2C1. The predicted octanol–water partition coefficient (Wildman–Crippen LogP) is 0.858. The summed E-state index contributed by atoms with van der Waals surface area (Å²) >= 11 is 0. The van der Waals surface area contributed by atoms with E-state index in [0.717, 1.165) is 32.4 Å². The average molecular weight is 306 g/mol. The van der Waals surface area contributed by atoms with Crippen LogP contribution in [0.15, 0.2) is 23.2 Å². The second kappa shape index (κ2) is 5.72. The fraction of sp³-hybridized carbons (Fsp3) is 0.571. The highest BCUT2D eigenvalue weighted by Gasteiger charge is 2.34. The highest BCUT2D eigenvalue weighted by molar-refractivity contribution is 7.89. The van der Waals surface area contributed by atoms with E-state index in [9.17, 15) is 8.42 Å². The molecule has 2 saturated heterocycles. The summed E-state index contributed by atoms with van der Waals surface area (Å²) < 4.78 is 27.7.